The molecule has 0 unspecified atom stereocenters. The van der Waals surface area contributed by atoms with Crippen molar-refractivity contribution >= 4 is 17.6 Å². The highest BCUT2D eigenvalue weighted by Crippen LogP contribution is 2.36. The number of aryl methyl sites for hydroxylation is 1. The first-order valence-corrected chi connectivity index (χ1v) is 9.97. The zero-order chi connectivity index (χ0) is 20.0. The predicted molar refractivity (Wildman–Crippen MR) is 99.1 cm³/mol. The largest absolute Gasteiger partial charge is 0.367 e. The number of halogens is 2. The maximum atomic E-state index is 13.6. The summed E-state index contributed by atoms with van der Waals surface area (Å²) in [4.78, 5) is 28.1. The van der Waals surface area contributed by atoms with Crippen LogP contribution >= 0.6 is 0 Å². The molecular formula is C19H27F2N5O2. The summed E-state index contributed by atoms with van der Waals surface area (Å²) in [6, 6.07) is 0.737. The molecule has 1 N–H and O–H groups in total. The van der Waals surface area contributed by atoms with E-state index in [-0.39, 0.29) is 36.1 Å². The van der Waals surface area contributed by atoms with Gasteiger partial charge in [0, 0.05) is 45.2 Å². The Bertz CT molecular complexity index is 768. The zero-order valence-electron chi connectivity index (χ0n) is 16.3. The molecule has 1 aromatic rings. The fraction of sp³-hybridized carbons (Fsp3) is 0.737. The number of aromatic nitrogens is 2. The fourth-order valence-corrected chi connectivity index (χ4v) is 4.83. The summed E-state index contributed by atoms with van der Waals surface area (Å²) in [5.74, 6) is 0.477. The number of hydrogen-bond donors (Lipinski definition) is 1. The third-order valence-electron chi connectivity index (χ3n) is 6.32. The van der Waals surface area contributed by atoms with Gasteiger partial charge in [-0.25, -0.2) is 13.5 Å². The first-order chi connectivity index (χ1) is 13.3. The Kier molecular flexibility index (Phi) is 5.01. The van der Waals surface area contributed by atoms with Crippen LogP contribution in [-0.2, 0) is 9.59 Å². The number of likely N-dealkylation sites (tertiary alicyclic amines) is 2. The van der Waals surface area contributed by atoms with Crippen LogP contribution in [0.5, 0.6) is 0 Å². The van der Waals surface area contributed by atoms with Gasteiger partial charge < -0.3 is 15.1 Å². The summed E-state index contributed by atoms with van der Waals surface area (Å²) in [6.07, 6.45) is -0.173. The monoisotopic (exact) mass is 395 g/mol. The fourth-order valence-electron chi connectivity index (χ4n) is 4.83. The number of carbonyl (C=O) groups is 2. The van der Waals surface area contributed by atoms with Crippen LogP contribution in [0.2, 0.25) is 0 Å². The Balaban J connectivity index is 1.46. The van der Waals surface area contributed by atoms with Crippen LogP contribution in [0, 0.1) is 18.8 Å². The van der Waals surface area contributed by atoms with Crippen molar-refractivity contribution in [2.24, 2.45) is 11.8 Å². The standard InChI is InChI=1S/C19H27F2N5O2/c1-11-6-16-22-14(8-15(18(20)21)26(16)23-11)12-4-3-5-25(10-12)19(28)13-7-17(27)24(2)9-13/h6,12-15,18,22H,3-5,7-10H2,1-2H3/t12-,13+,14-,15+/m0/s1. The number of nitrogens with zero attached hydrogens (tertiary/aromatic N) is 4. The molecule has 0 radical (unpaired) electrons. The third kappa shape index (κ3) is 3.46. The van der Waals surface area contributed by atoms with Gasteiger partial charge in [-0.15, -0.1) is 0 Å². The van der Waals surface area contributed by atoms with Gasteiger partial charge in [-0.2, -0.15) is 5.10 Å². The van der Waals surface area contributed by atoms with Crippen LogP contribution in [0.15, 0.2) is 6.07 Å². The van der Waals surface area contributed by atoms with E-state index in [1.807, 2.05) is 4.90 Å². The van der Waals surface area contributed by atoms with Gasteiger partial charge in [0.15, 0.2) is 0 Å². The Hall–Kier alpha value is -2.19. The van der Waals surface area contributed by atoms with Gasteiger partial charge in [-0.1, -0.05) is 0 Å². The molecule has 0 saturated carbocycles. The summed E-state index contributed by atoms with van der Waals surface area (Å²) in [5, 5.41) is 7.60. The van der Waals surface area contributed by atoms with Crippen LogP contribution in [0.1, 0.15) is 37.4 Å². The van der Waals surface area contributed by atoms with Crippen molar-refractivity contribution < 1.29 is 18.4 Å². The second-order valence-corrected chi connectivity index (χ2v) is 8.37. The Morgan fingerprint density at radius 1 is 1.36 bits per heavy atom. The molecule has 28 heavy (non-hydrogen) atoms. The van der Waals surface area contributed by atoms with E-state index in [2.05, 4.69) is 10.4 Å². The quantitative estimate of drug-likeness (QED) is 0.849. The highest BCUT2D eigenvalue weighted by atomic mass is 19.3. The average molecular weight is 395 g/mol. The molecule has 2 amide bonds. The number of amides is 2. The zero-order valence-corrected chi connectivity index (χ0v) is 16.3. The molecule has 2 saturated heterocycles. The molecule has 0 aromatic carbocycles. The highest BCUT2D eigenvalue weighted by molar-refractivity contribution is 5.89. The minimum Gasteiger partial charge on any atom is -0.367 e. The predicted octanol–water partition coefficient (Wildman–Crippen LogP) is 1.90. The lowest BCUT2D eigenvalue weighted by Crippen LogP contribution is -2.49. The van der Waals surface area contributed by atoms with Gasteiger partial charge in [-0.3, -0.25) is 9.59 Å². The van der Waals surface area contributed by atoms with E-state index in [9.17, 15) is 18.4 Å². The van der Waals surface area contributed by atoms with Crippen LogP contribution in [0.4, 0.5) is 14.6 Å². The maximum Gasteiger partial charge on any atom is 0.260 e. The topological polar surface area (TPSA) is 70.5 Å². The number of anilines is 1. The van der Waals surface area contributed by atoms with E-state index in [0.717, 1.165) is 12.8 Å². The molecule has 7 nitrogen and oxygen atoms in total. The minimum absolute atomic E-state index is 0.00395. The van der Waals surface area contributed by atoms with Gasteiger partial charge in [-0.05, 0) is 32.1 Å². The highest BCUT2D eigenvalue weighted by Gasteiger charge is 2.40. The first kappa shape index (κ1) is 19.1. The van der Waals surface area contributed by atoms with Gasteiger partial charge in [0.1, 0.15) is 11.9 Å². The SMILES string of the molecule is Cc1cc2n(n1)[C@@H](C(F)F)C[C@@H]([C@H]1CCCN(C(=O)[C@@H]3CC(=O)N(C)C3)C1)N2. The summed E-state index contributed by atoms with van der Waals surface area (Å²) < 4.78 is 28.7. The second-order valence-electron chi connectivity index (χ2n) is 8.37. The summed E-state index contributed by atoms with van der Waals surface area (Å²) >= 11 is 0. The van der Waals surface area contributed by atoms with E-state index in [1.165, 1.54) is 4.68 Å². The van der Waals surface area contributed by atoms with E-state index >= 15 is 0 Å². The van der Waals surface area contributed by atoms with Crippen LogP contribution in [-0.4, -0.2) is 70.5 Å². The van der Waals surface area contributed by atoms with Crippen molar-refractivity contribution in [3.8, 4) is 0 Å². The minimum atomic E-state index is -2.48. The summed E-state index contributed by atoms with van der Waals surface area (Å²) in [5.41, 5.74) is 0.712. The van der Waals surface area contributed by atoms with Crippen LogP contribution < -0.4 is 5.32 Å². The van der Waals surface area contributed by atoms with Crippen molar-refractivity contribution in [1.82, 2.24) is 19.6 Å². The molecule has 9 heteroatoms. The smallest absolute Gasteiger partial charge is 0.260 e. The van der Waals surface area contributed by atoms with Gasteiger partial charge >= 0.3 is 0 Å². The van der Waals surface area contributed by atoms with Gasteiger partial charge in [0.2, 0.25) is 11.8 Å². The van der Waals surface area contributed by atoms with Crippen molar-refractivity contribution in [3.63, 3.8) is 0 Å². The number of alkyl halides is 2. The first-order valence-electron chi connectivity index (χ1n) is 9.97. The molecule has 0 aliphatic carbocycles. The number of hydrogen-bond acceptors (Lipinski definition) is 4. The molecular weight excluding hydrogens is 368 g/mol. The lowest BCUT2D eigenvalue weighted by atomic mass is 9.85. The van der Waals surface area contributed by atoms with Crippen molar-refractivity contribution in [2.45, 2.75) is 51.1 Å². The van der Waals surface area contributed by atoms with Crippen molar-refractivity contribution in [1.29, 1.82) is 0 Å². The Morgan fingerprint density at radius 2 is 2.14 bits per heavy atom. The van der Waals surface area contributed by atoms with Gasteiger partial charge in [0.25, 0.3) is 6.43 Å². The normalized spacial score (nSPS) is 30.5. The maximum absolute atomic E-state index is 13.6. The third-order valence-corrected chi connectivity index (χ3v) is 6.32. The van der Waals surface area contributed by atoms with Crippen LogP contribution in [0.25, 0.3) is 0 Å². The molecule has 3 aliphatic rings. The van der Waals surface area contributed by atoms with E-state index in [4.69, 9.17) is 0 Å². The number of piperidine rings is 1. The molecule has 2 fully saturated rings. The number of rotatable bonds is 3. The molecule has 4 rings (SSSR count). The average Bonchev–Trinajstić information content (AvgIpc) is 3.21. The molecule has 4 heterocycles. The van der Waals surface area contributed by atoms with Crippen molar-refractivity contribution in [2.75, 3.05) is 32.0 Å². The van der Waals surface area contributed by atoms with Crippen molar-refractivity contribution in [3.05, 3.63) is 11.8 Å². The number of nitrogens with one attached hydrogen (secondary N) is 1. The molecule has 0 spiro atoms. The van der Waals surface area contributed by atoms with E-state index in [0.29, 0.717) is 37.6 Å². The van der Waals surface area contributed by atoms with E-state index in [1.54, 1.807) is 24.9 Å². The Labute approximate surface area is 163 Å². The number of carbonyl (C=O) groups excluding carboxylic acids is 2. The molecule has 154 valence electrons. The molecule has 1 aromatic heterocycles. The van der Waals surface area contributed by atoms with Gasteiger partial charge in [0.05, 0.1) is 11.6 Å². The molecule has 4 atom stereocenters. The van der Waals surface area contributed by atoms with E-state index < -0.39 is 12.5 Å². The molecule has 0 bridgehead atoms. The summed E-state index contributed by atoms with van der Waals surface area (Å²) in [7, 11) is 1.72. The Morgan fingerprint density at radius 3 is 2.82 bits per heavy atom. The number of fused-ring (bicyclic) bond motifs is 1. The lowest BCUT2D eigenvalue weighted by Gasteiger charge is -2.41. The van der Waals surface area contributed by atoms with Crippen LogP contribution in [0.3, 0.4) is 0 Å². The second kappa shape index (κ2) is 7.33. The summed E-state index contributed by atoms with van der Waals surface area (Å²) in [6.45, 7) is 3.48. The molecule has 3 aliphatic heterocycles. The lowest BCUT2D eigenvalue weighted by molar-refractivity contribution is -0.137.